The maximum Gasteiger partial charge on any atom is 0.201 e. The molecule has 4 heterocycles. The average molecular weight is 1370 g/mol. The molecule has 0 bridgehead atoms. The summed E-state index contributed by atoms with van der Waals surface area (Å²) >= 11 is 0. The fourth-order valence-electron chi connectivity index (χ4n) is 18.0. The van der Waals surface area contributed by atoms with E-state index in [1.165, 1.54) is 34.4 Å². The SMILES string of the molecule is C=C(C)[C@@H]1CCC(C)=C[C@H]1c1c(O)c(O)c(O)c2c1NCC[C@H]2CC.C=C(C)[C@@H]1CCC(C)=C[C@H]1c1c(O)c(O)c(O)c2c1NCC[C@H]2CCO.C=C(C)[C@@H]1CCC(C)=C[C@H]1c1c(O)cc(O)c2c1NCC[C@H]2CC.C=C(C)[C@@H]1CCC(C)=C[C@H]1c1c(O)cc(O)c2c1NCC[C@H]2CCO. The van der Waals surface area contributed by atoms with E-state index in [9.17, 15) is 61.3 Å². The molecule has 12 rings (SSSR count). The summed E-state index contributed by atoms with van der Waals surface area (Å²) in [5.74, 6) is 0.447. The minimum Gasteiger partial charge on any atom is -0.507 e. The van der Waals surface area contributed by atoms with Gasteiger partial charge in [-0.3, -0.25) is 0 Å². The Bertz CT molecular complexity index is 3870. The molecule has 0 saturated heterocycles. The maximum absolute atomic E-state index is 10.7. The molecule has 16 heteroatoms. The van der Waals surface area contributed by atoms with E-state index in [-0.39, 0.29) is 118 Å². The first-order valence-corrected chi connectivity index (χ1v) is 36.9. The standard InChI is InChI=1S/C21H29NO4.2C21H29NO3.C21H29NO2/c1-11(2)14-5-4-12(3)10-15(14)17-18-16(19(24)21(26)20(17)25)13(7-9-23)6-8-22-18;1-12(2)15-5-4-13(3)10-16(15)20-18(25)11-17(24)19-14(7-9-23)6-8-22-21(19)20;1-5-13-8-9-22-18-16(13)19(23)21(25)20(24)17(18)15-10-12(4)6-7-14(15)11(2)3;1-5-14-8-9-22-21-19(14)17(23)11-18(24)20(21)16-10-13(4)6-7-15(16)12(2)3/h10,13-15,22-26H,1,4-9H2,2-3H3;10-11,14-16,22-25H,1,4-9H2,2-3H3;10,13-15,22-25H,2,5-9H2,1,3-4H3;10-11,14-16,22-24H,2,5-9H2,1,3-4H3/t13-,14-,15+;14-,15-,16+;13-,14+,15-;14-,15+,16-/m0011/s1. The number of hydrogen-bond acceptors (Lipinski definition) is 16. The van der Waals surface area contributed by atoms with Gasteiger partial charge in [0.05, 0.1) is 0 Å². The van der Waals surface area contributed by atoms with Crippen LogP contribution in [0.2, 0.25) is 0 Å². The van der Waals surface area contributed by atoms with Gasteiger partial charge < -0.3 is 82.5 Å². The highest BCUT2D eigenvalue weighted by molar-refractivity contribution is 5.79. The lowest BCUT2D eigenvalue weighted by Crippen LogP contribution is -2.23. The molecule has 0 aromatic heterocycles. The Hall–Kier alpha value is -8.08. The smallest absolute Gasteiger partial charge is 0.201 e. The lowest BCUT2D eigenvalue weighted by molar-refractivity contribution is 0.270. The Morgan fingerprint density at radius 1 is 0.340 bits per heavy atom. The van der Waals surface area contributed by atoms with E-state index < -0.39 is 11.5 Å². The Kier molecular flexibility index (Phi) is 24.9. The van der Waals surface area contributed by atoms with Crippen molar-refractivity contribution >= 4 is 22.7 Å². The van der Waals surface area contributed by atoms with Crippen LogP contribution in [0.15, 0.2) is 107 Å². The molecule has 16 N–H and O–H groups in total. The lowest BCUT2D eigenvalue weighted by atomic mass is 9.72. The summed E-state index contributed by atoms with van der Waals surface area (Å²) in [4.78, 5) is 0. The largest absolute Gasteiger partial charge is 0.507 e. The summed E-state index contributed by atoms with van der Waals surface area (Å²) in [5, 5.41) is 138. The Morgan fingerprint density at radius 2 is 0.580 bits per heavy atom. The molecule has 12 atom stereocenters. The minimum absolute atomic E-state index is 0.0113. The quantitative estimate of drug-likeness (QED) is 0.0317. The van der Waals surface area contributed by atoms with Gasteiger partial charge in [-0.05, 0) is 205 Å². The summed E-state index contributed by atoms with van der Waals surface area (Å²) in [6.45, 7) is 40.8. The fraction of sp³-hybridized carbons (Fsp3) is 0.524. The third kappa shape index (κ3) is 15.5. The molecule has 0 fully saturated rings. The number of phenolic OH excluding ortho intramolecular Hbond substituents is 10. The Morgan fingerprint density at radius 3 is 0.880 bits per heavy atom. The molecule has 0 radical (unpaired) electrons. The van der Waals surface area contributed by atoms with Crippen LogP contribution in [0.1, 0.15) is 264 Å². The number of aromatic hydroxyl groups is 10. The maximum atomic E-state index is 10.7. The molecular weight excluding hydrogens is 1260 g/mol. The highest BCUT2D eigenvalue weighted by atomic mass is 16.3. The zero-order chi connectivity index (χ0) is 72.9. The first-order chi connectivity index (χ1) is 47.6. The Labute approximate surface area is 594 Å². The number of benzene rings is 4. The van der Waals surface area contributed by atoms with Gasteiger partial charge in [0.25, 0.3) is 0 Å². The molecule has 100 heavy (non-hydrogen) atoms. The van der Waals surface area contributed by atoms with Gasteiger partial charge in [0.1, 0.15) is 23.0 Å². The van der Waals surface area contributed by atoms with Crippen LogP contribution in [0, 0.1) is 23.7 Å². The summed E-state index contributed by atoms with van der Waals surface area (Å²) in [5.41, 5.74) is 19.2. The topological polar surface area (TPSA) is 291 Å². The number of anilines is 4. The third-order valence-corrected chi connectivity index (χ3v) is 23.3. The van der Waals surface area contributed by atoms with E-state index >= 15 is 0 Å². The van der Waals surface area contributed by atoms with Gasteiger partial charge in [-0.1, -0.05) is 109 Å². The number of aliphatic hydroxyl groups is 2. The van der Waals surface area contributed by atoms with Gasteiger partial charge in [-0.25, -0.2) is 0 Å². The molecule has 0 saturated carbocycles. The molecule has 4 aromatic rings. The van der Waals surface area contributed by atoms with Gasteiger partial charge in [-0.15, -0.1) is 0 Å². The van der Waals surface area contributed by atoms with Crippen LogP contribution < -0.4 is 21.3 Å². The number of phenols is 10. The van der Waals surface area contributed by atoms with Gasteiger partial charge in [0.15, 0.2) is 23.0 Å². The molecule has 0 unspecified atom stereocenters. The van der Waals surface area contributed by atoms with Crippen molar-refractivity contribution in [3.8, 4) is 57.5 Å². The summed E-state index contributed by atoms with van der Waals surface area (Å²) in [7, 11) is 0. The Balaban J connectivity index is 0.000000156. The highest BCUT2D eigenvalue weighted by Crippen LogP contribution is 2.60. The number of hydrogen-bond donors (Lipinski definition) is 16. The van der Waals surface area contributed by atoms with Crippen LogP contribution >= 0.6 is 0 Å². The van der Waals surface area contributed by atoms with Gasteiger partial charge >= 0.3 is 0 Å². The van der Waals surface area contributed by atoms with Crippen molar-refractivity contribution in [1.82, 2.24) is 0 Å². The van der Waals surface area contributed by atoms with Crippen LogP contribution in [0.5, 0.6) is 57.5 Å². The second-order valence-electron chi connectivity index (χ2n) is 30.3. The summed E-state index contributed by atoms with van der Waals surface area (Å²) < 4.78 is 0. The van der Waals surface area contributed by atoms with E-state index in [4.69, 9.17) is 0 Å². The first-order valence-electron chi connectivity index (χ1n) is 36.9. The third-order valence-electron chi connectivity index (χ3n) is 23.3. The molecule has 544 valence electrons. The molecule has 4 aliphatic heterocycles. The van der Waals surface area contributed by atoms with Crippen molar-refractivity contribution in [1.29, 1.82) is 0 Å². The van der Waals surface area contributed by atoms with E-state index in [2.05, 4.69) is 127 Å². The molecule has 16 nitrogen and oxygen atoms in total. The number of rotatable bonds is 14. The number of allylic oxidation sites excluding steroid dienone is 12. The van der Waals surface area contributed by atoms with Crippen LogP contribution in [-0.4, -0.2) is 101 Å². The number of aliphatic hydroxyl groups excluding tert-OH is 2. The van der Waals surface area contributed by atoms with Crippen molar-refractivity contribution in [3.63, 3.8) is 0 Å². The molecule has 8 aliphatic rings. The van der Waals surface area contributed by atoms with Gasteiger partial charge in [0, 0.05) is 142 Å². The summed E-state index contributed by atoms with van der Waals surface area (Å²) in [6.07, 6.45) is 23.6. The predicted molar refractivity (Wildman–Crippen MR) is 406 cm³/mol. The first kappa shape index (κ1) is 76.1. The zero-order valence-corrected chi connectivity index (χ0v) is 61.1. The van der Waals surface area contributed by atoms with Crippen molar-refractivity contribution < 1.29 is 61.3 Å². The predicted octanol–water partition coefficient (Wildman–Crippen LogP) is 19.0. The van der Waals surface area contributed by atoms with Crippen molar-refractivity contribution in [2.24, 2.45) is 23.7 Å². The van der Waals surface area contributed by atoms with Crippen molar-refractivity contribution in [3.05, 3.63) is 152 Å². The van der Waals surface area contributed by atoms with E-state index in [0.29, 0.717) is 53.6 Å². The normalized spacial score (nSPS) is 25.7. The van der Waals surface area contributed by atoms with E-state index in [1.807, 2.05) is 13.8 Å². The zero-order valence-electron chi connectivity index (χ0n) is 61.1. The number of nitrogens with one attached hydrogen (secondary N) is 4. The van der Waals surface area contributed by atoms with E-state index in [1.54, 1.807) is 0 Å². The van der Waals surface area contributed by atoms with Crippen molar-refractivity contribution in [2.45, 2.75) is 219 Å². The molecule has 4 aromatic carbocycles. The van der Waals surface area contributed by atoms with Gasteiger partial charge in [-0.2, -0.15) is 0 Å². The van der Waals surface area contributed by atoms with Crippen LogP contribution in [0.4, 0.5) is 22.7 Å². The molecular formula is C84H116N4O12. The minimum atomic E-state index is -0.470. The number of fused-ring (bicyclic) bond motifs is 4. The average Bonchev–Trinajstić information content (AvgIpc) is 0.756. The highest BCUT2D eigenvalue weighted by Gasteiger charge is 2.41. The molecule has 4 aliphatic carbocycles. The second-order valence-corrected chi connectivity index (χ2v) is 30.3. The van der Waals surface area contributed by atoms with Gasteiger partial charge in [0.2, 0.25) is 11.5 Å². The second kappa shape index (κ2) is 32.7. The fourth-order valence-corrected chi connectivity index (χ4v) is 18.0. The van der Waals surface area contributed by atoms with Crippen LogP contribution in [-0.2, 0) is 0 Å². The lowest BCUT2D eigenvalue weighted by Gasteiger charge is -2.36. The molecule has 0 spiro atoms. The van der Waals surface area contributed by atoms with Crippen LogP contribution in [0.25, 0.3) is 0 Å². The molecule has 0 amide bonds. The van der Waals surface area contributed by atoms with Crippen LogP contribution in [0.3, 0.4) is 0 Å². The van der Waals surface area contributed by atoms with E-state index in [0.717, 1.165) is 177 Å². The summed E-state index contributed by atoms with van der Waals surface area (Å²) in [6, 6.07) is 3.01. The monoisotopic (exact) mass is 1370 g/mol. The van der Waals surface area contributed by atoms with Crippen molar-refractivity contribution in [2.75, 3.05) is 60.7 Å².